The Labute approximate surface area is 93.6 Å². The predicted octanol–water partition coefficient (Wildman–Crippen LogP) is -0.319. The Balaban J connectivity index is 1.63. The Morgan fingerprint density at radius 2 is 2.44 bits per heavy atom. The van der Waals surface area contributed by atoms with Crippen LogP contribution < -0.4 is 0 Å². The second kappa shape index (κ2) is 3.78. The number of tetrazole rings is 1. The minimum absolute atomic E-state index is 0.247. The predicted molar refractivity (Wildman–Crippen MR) is 54.5 cm³/mol. The highest BCUT2D eigenvalue weighted by Gasteiger charge is 2.44. The zero-order chi connectivity index (χ0) is 11.1. The maximum Gasteiger partial charge on any atom is 0.177 e. The van der Waals surface area contributed by atoms with Crippen molar-refractivity contribution >= 4 is 0 Å². The van der Waals surface area contributed by atoms with Crippen LogP contribution in [-0.2, 0) is 18.2 Å². The summed E-state index contributed by atoms with van der Waals surface area (Å²) in [4.78, 5) is 1.42. The van der Waals surface area contributed by atoms with Crippen LogP contribution in [0, 0.1) is 5.92 Å². The molecule has 1 aromatic rings. The van der Waals surface area contributed by atoms with Gasteiger partial charge in [-0.05, 0) is 24.5 Å². The number of nitrogens with zero attached hydrogens (tertiary/aromatic N) is 4. The largest absolute Gasteiger partial charge is 0.392 e. The van der Waals surface area contributed by atoms with Crippen LogP contribution in [0.2, 0.25) is 0 Å². The summed E-state index contributed by atoms with van der Waals surface area (Å²) in [6.45, 7) is 0. The van der Waals surface area contributed by atoms with E-state index in [1.807, 2.05) is 0 Å². The molecule has 4 atom stereocenters. The number of aryl methyl sites for hydroxylation is 1. The zero-order valence-corrected chi connectivity index (χ0v) is 9.28. The molecule has 2 aliphatic rings. The SMILES string of the molecule is Cn1nnc(CC(O)C2CC3CCC2O3)n1. The van der Waals surface area contributed by atoms with Gasteiger partial charge in [0.05, 0.1) is 25.4 Å². The molecule has 6 heteroatoms. The van der Waals surface area contributed by atoms with Gasteiger partial charge in [-0.3, -0.25) is 0 Å². The van der Waals surface area contributed by atoms with Crippen LogP contribution in [0.1, 0.15) is 25.1 Å². The topological polar surface area (TPSA) is 73.1 Å². The molecule has 2 fully saturated rings. The van der Waals surface area contributed by atoms with Crippen LogP contribution in [-0.4, -0.2) is 43.6 Å². The van der Waals surface area contributed by atoms with Gasteiger partial charge in [0.25, 0.3) is 0 Å². The van der Waals surface area contributed by atoms with E-state index in [0.29, 0.717) is 18.3 Å². The van der Waals surface area contributed by atoms with E-state index in [1.165, 1.54) is 4.80 Å². The highest BCUT2D eigenvalue weighted by molar-refractivity contribution is 4.95. The fraction of sp³-hybridized carbons (Fsp3) is 0.900. The summed E-state index contributed by atoms with van der Waals surface area (Å²) in [6, 6.07) is 0. The monoisotopic (exact) mass is 224 g/mol. The molecule has 3 heterocycles. The smallest absolute Gasteiger partial charge is 0.177 e. The van der Waals surface area contributed by atoms with E-state index >= 15 is 0 Å². The fourth-order valence-corrected chi connectivity index (χ4v) is 2.83. The van der Waals surface area contributed by atoms with Gasteiger partial charge in [-0.25, -0.2) is 0 Å². The molecule has 2 aliphatic heterocycles. The van der Waals surface area contributed by atoms with E-state index in [-0.39, 0.29) is 12.0 Å². The molecule has 0 radical (unpaired) electrons. The zero-order valence-electron chi connectivity index (χ0n) is 9.28. The molecule has 0 aliphatic carbocycles. The van der Waals surface area contributed by atoms with Crippen molar-refractivity contribution in [1.29, 1.82) is 0 Å². The van der Waals surface area contributed by atoms with E-state index in [0.717, 1.165) is 19.3 Å². The van der Waals surface area contributed by atoms with Crippen LogP contribution in [0.15, 0.2) is 0 Å². The van der Waals surface area contributed by atoms with E-state index in [2.05, 4.69) is 15.4 Å². The van der Waals surface area contributed by atoms with Gasteiger partial charge in [-0.2, -0.15) is 4.80 Å². The van der Waals surface area contributed by atoms with Gasteiger partial charge in [-0.1, -0.05) is 0 Å². The minimum atomic E-state index is -0.403. The van der Waals surface area contributed by atoms with Gasteiger partial charge in [0.1, 0.15) is 0 Å². The Morgan fingerprint density at radius 1 is 1.56 bits per heavy atom. The van der Waals surface area contributed by atoms with E-state index in [4.69, 9.17) is 4.74 Å². The molecular weight excluding hydrogens is 208 g/mol. The number of hydrogen-bond donors (Lipinski definition) is 1. The number of rotatable bonds is 3. The third kappa shape index (κ3) is 1.72. The van der Waals surface area contributed by atoms with Crippen LogP contribution >= 0.6 is 0 Å². The van der Waals surface area contributed by atoms with Crippen molar-refractivity contribution in [1.82, 2.24) is 20.2 Å². The molecule has 1 N–H and O–H groups in total. The highest BCUT2D eigenvalue weighted by Crippen LogP contribution is 2.40. The lowest BCUT2D eigenvalue weighted by molar-refractivity contribution is 0.0423. The Kier molecular flexibility index (Phi) is 2.40. The molecule has 3 rings (SSSR count). The molecule has 1 aromatic heterocycles. The van der Waals surface area contributed by atoms with E-state index < -0.39 is 6.10 Å². The number of aromatic nitrogens is 4. The van der Waals surface area contributed by atoms with Crippen LogP contribution in [0.4, 0.5) is 0 Å². The summed E-state index contributed by atoms with van der Waals surface area (Å²) in [6.07, 6.45) is 3.91. The Morgan fingerprint density at radius 3 is 3.00 bits per heavy atom. The lowest BCUT2D eigenvalue weighted by Gasteiger charge is -2.23. The Hall–Kier alpha value is -1.01. The number of aliphatic hydroxyl groups is 1. The molecule has 16 heavy (non-hydrogen) atoms. The quantitative estimate of drug-likeness (QED) is 0.761. The first-order chi connectivity index (χ1) is 7.72. The summed E-state index contributed by atoms with van der Waals surface area (Å²) in [7, 11) is 1.73. The molecule has 4 unspecified atom stereocenters. The molecule has 0 aromatic carbocycles. The van der Waals surface area contributed by atoms with Gasteiger partial charge in [0, 0.05) is 12.3 Å². The minimum Gasteiger partial charge on any atom is -0.392 e. The number of aliphatic hydroxyl groups excluding tert-OH is 1. The normalized spacial score (nSPS) is 34.5. The maximum atomic E-state index is 10.1. The van der Waals surface area contributed by atoms with Gasteiger partial charge in [0.2, 0.25) is 0 Å². The van der Waals surface area contributed by atoms with Crippen LogP contribution in [0.25, 0.3) is 0 Å². The fourth-order valence-electron chi connectivity index (χ4n) is 2.83. The first-order valence-electron chi connectivity index (χ1n) is 5.79. The molecule has 6 nitrogen and oxygen atoms in total. The standard InChI is InChI=1S/C10H16N4O2/c1-14-12-10(11-13-14)5-8(15)7-4-6-2-3-9(7)16-6/h6-9,15H,2-5H2,1H3. The first kappa shape index (κ1) is 10.2. The summed E-state index contributed by atoms with van der Waals surface area (Å²) in [5, 5.41) is 21.9. The van der Waals surface area contributed by atoms with Crippen molar-refractivity contribution in [3.8, 4) is 0 Å². The molecular formula is C10H16N4O2. The molecule has 2 saturated heterocycles. The average molecular weight is 224 g/mol. The summed E-state index contributed by atoms with van der Waals surface area (Å²) >= 11 is 0. The van der Waals surface area contributed by atoms with Crippen molar-refractivity contribution in [3.05, 3.63) is 5.82 Å². The third-order valence-corrected chi connectivity index (χ3v) is 3.59. The third-order valence-electron chi connectivity index (χ3n) is 3.59. The van der Waals surface area contributed by atoms with Crippen molar-refractivity contribution in [2.24, 2.45) is 13.0 Å². The molecule has 2 bridgehead atoms. The van der Waals surface area contributed by atoms with Crippen molar-refractivity contribution in [3.63, 3.8) is 0 Å². The lowest BCUT2D eigenvalue weighted by atomic mass is 9.84. The second-order valence-electron chi connectivity index (χ2n) is 4.74. The molecule has 88 valence electrons. The van der Waals surface area contributed by atoms with Gasteiger partial charge < -0.3 is 9.84 Å². The van der Waals surface area contributed by atoms with Crippen LogP contribution in [0.5, 0.6) is 0 Å². The summed E-state index contributed by atoms with van der Waals surface area (Å²) in [5.41, 5.74) is 0. The summed E-state index contributed by atoms with van der Waals surface area (Å²) < 4.78 is 5.73. The summed E-state index contributed by atoms with van der Waals surface area (Å²) in [5.74, 6) is 0.861. The number of ether oxygens (including phenoxy) is 1. The number of fused-ring (bicyclic) bond motifs is 2. The second-order valence-corrected chi connectivity index (χ2v) is 4.74. The van der Waals surface area contributed by atoms with Crippen molar-refractivity contribution in [2.45, 2.75) is 44.0 Å². The number of hydrogen-bond acceptors (Lipinski definition) is 5. The Bertz CT molecular complexity index is 381. The van der Waals surface area contributed by atoms with Gasteiger partial charge >= 0.3 is 0 Å². The average Bonchev–Trinajstić information content (AvgIpc) is 2.93. The van der Waals surface area contributed by atoms with Crippen molar-refractivity contribution < 1.29 is 9.84 Å². The van der Waals surface area contributed by atoms with Gasteiger partial charge in [0.15, 0.2) is 5.82 Å². The molecule has 0 amide bonds. The molecule has 0 spiro atoms. The first-order valence-corrected chi connectivity index (χ1v) is 5.79. The maximum absolute atomic E-state index is 10.1. The van der Waals surface area contributed by atoms with Crippen molar-refractivity contribution in [2.75, 3.05) is 0 Å². The molecule has 0 saturated carbocycles. The van der Waals surface area contributed by atoms with Crippen LogP contribution in [0.3, 0.4) is 0 Å². The lowest BCUT2D eigenvalue weighted by Crippen LogP contribution is -2.31. The van der Waals surface area contributed by atoms with Gasteiger partial charge in [-0.15, -0.1) is 10.2 Å². The van der Waals surface area contributed by atoms with E-state index in [9.17, 15) is 5.11 Å². The van der Waals surface area contributed by atoms with E-state index in [1.54, 1.807) is 7.05 Å². The highest BCUT2D eigenvalue weighted by atomic mass is 16.5.